The highest BCUT2D eigenvalue weighted by Crippen LogP contribution is 2.28. The Morgan fingerprint density at radius 3 is 2.42 bits per heavy atom. The van der Waals surface area contributed by atoms with Crippen molar-refractivity contribution in [3.63, 3.8) is 0 Å². The average Bonchev–Trinajstić information content (AvgIpc) is 2.33. The number of nitrogens with zero attached hydrogens (tertiary/aromatic N) is 1. The summed E-state index contributed by atoms with van der Waals surface area (Å²) in [6.45, 7) is 3.94. The molecule has 0 aliphatic heterocycles. The first kappa shape index (κ1) is 14.3. The average molecular weight is 295 g/mol. The molecule has 1 aromatic heterocycles. The zero-order valence-electron chi connectivity index (χ0n) is 11.0. The summed E-state index contributed by atoms with van der Waals surface area (Å²) in [5, 5.41) is 1.15. The van der Waals surface area contributed by atoms with E-state index in [4.69, 9.17) is 28.9 Å². The molecule has 1 heterocycles. The lowest BCUT2D eigenvalue weighted by Gasteiger charge is -2.15. The van der Waals surface area contributed by atoms with Crippen molar-refractivity contribution in [1.82, 2.24) is 4.98 Å². The summed E-state index contributed by atoms with van der Waals surface area (Å²) in [7, 11) is 0. The van der Waals surface area contributed by atoms with Crippen LogP contribution in [0, 0.1) is 13.8 Å². The van der Waals surface area contributed by atoms with Crippen molar-refractivity contribution in [3.8, 4) is 0 Å². The molecular weight excluding hydrogens is 279 g/mol. The number of rotatable bonds is 3. The number of aryl methyl sites for hydroxylation is 2. The Labute approximate surface area is 123 Å². The van der Waals surface area contributed by atoms with Gasteiger partial charge in [0.15, 0.2) is 0 Å². The molecule has 2 rings (SSSR count). The fourth-order valence-electron chi connectivity index (χ4n) is 2.14. The molecule has 0 saturated carbocycles. The summed E-state index contributed by atoms with van der Waals surface area (Å²) < 4.78 is 0. The quantitative estimate of drug-likeness (QED) is 0.919. The van der Waals surface area contributed by atoms with Crippen LogP contribution in [0.3, 0.4) is 0 Å². The monoisotopic (exact) mass is 294 g/mol. The van der Waals surface area contributed by atoms with Crippen LogP contribution < -0.4 is 5.73 Å². The Morgan fingerprint density at radius 1 is 1.16 bits per heavy atom. The van der Waals surface area contributed by atoms with E-state index < -0.39 is 0 Å². The van der Waals surface area contributed by atoms with E-state index >= 15 is 0 Å². The molecule has 1 atom stereocenters. The summed E-state index contributed by atoms with van der Waals surface area (Å²) >= 11 is 12.2. The summed E-state index contributed by atoms with van der Waals surface area (Å²) in [4.78, 5) is 4.35. The molecular formula is C15H16Cl2N2. The van der Waals surface area contributed by atoms with Crippen LogP contribution in [0.4, 0.5) is 0 Å². The second-order valence-corrected chi connectivity index (χ2v) is 5.49. The van der Waals surface area contributed by atoms with Gasteiger partial charge in [-0.05, 0) is 49.6 Å². The Morgan fingerprint density at radius 2 is 1.79 bits per heavy atom. The largest absolute Gasteiger partial charge is 0.324 e. The fraction of sp³-hybridized carbons (Fsp3) is 0.267. The minimum Gasteiger partial charge on any atom is -0.324 e. The number of hydrogen-bond acceptors (Lipinski definition) is 2. The minimum absolute atomic E-state index is 0.114. The van der Waals surface area contributed by atoms with E-state index in [0.29, 0.717) is 16.5 Å². The molecule has 100 valence electrons. The molecule has 0 amide bonds. The summed E-state index contributed by atoms with van der Waals surface area (Å²) in [5.74, 6) is 0. The van der Waals surface area contributed by atoms with Crippen molar-refractivity contribution in [1.29, 1.82) is 0 Å². The minimum atomic E-state index is -0.114. The van der Waals surface area contributed by atoms with Crippen molar-refractivity contribution in [2.24, 2.45) is 5.73 Å². The maximum Gasteiger partial charge on any atom is 0.0624 e. The van der Waals surface area contributed by atoms with E-state index in [0.717, 1.165) is 22.5 Å². The third-order valence-corrected chi connectivity index (χ3v) is 3.86. The van der Waals surface area contributed by atoms with Gasteiger partial charge in [0.2, 0.25) is 0 Å². The van der Waals surface area contributed by atoms with Crippen molar-refractivity contribution in [2.45, 2.75) is 26.3 Å². The van der Waals surface area contributed by atoms with Gasteiger partial charge in [-0.2, -0.15) is 0 Å². The van der Waals surface area contributed by atoms with Crippen LogP contribution in [-0.2, 0) is 6.42 Å². The summed E-state index contributed by atoms with van der Waals surface area (Å²) in [6.07, 6.45) is 0.655. The van der Waals surface area contributed by atoms with Crippen LogP contribution in [0.5, 0.6) is 0 Å². The number of pyridine rings is 1. The van der Waals surface area contributed by atoms with Crippen molar-refractivity contribution < 1.29 is 0 Å². The van der Waals surface area contributed by atoms with Crippen LogP contribution in [0.2, 0.25) is 10.0 Å². The molecule has 0 fully saturated rings. The van der Waals surface area contributed by atoms with E-state index in [-0.39, 0.29) is 6.04 Å². The Hall–Kier alpha value is -1.09. The fourth-order valence-corrected chi connectivity index (χ4v) is 2.54. The van der Waals surface area contributed by atoms with Gasteiger partial charge in [-0.25, -0.2) is 0 Å². The van der Waals surface area contributed by atoms with E-state index in [2.05, 4.69) is 4.98 Å². The van der Waals surface area contributed by atoms with Gasteiger partial charge in [-0.3, -0.25) is 4.98 Å². The van der Waals surface area contributed by atoms with E-state index in [9.17, 15) is 0 Å². The molecule has 4 heteroatoms. The van der Waals surface area contributed by atoms with E-state index in [1.54, 1.807) is 6.07 Å². The number of hydrogen-bond donors (Lipinski definition) is 1. The highest BCUT2D eigenvalue weighted by atomic mass is 35.5. The highest BCUT2D eigenvalue weighted by molar-refractivity contribution is 6.42. The first-order valence-electron chi connectivity index (χ1n) is 6.11. The molecule has 1 aromatic carbocycles. The van der Waals surface area contributed by atoms with Crippen molar-refractivity contribution in [3.05, 3.63) is 62.9 Å². The van der Waals surface area contributed by atoms with Crippen molar-refractivity contribution >= 4 is 23.2 Å². The Kier molecular flexibility index (Phi) is 4.46. The van der Waals surface area contributed by atoms with Crippen LogP contribution in [0.1, 0.15) is 28.6 Å². The van der Waals surface area contributed by atoms with Gasteiger partial charge in [0.1, 0.15) is 0 Å². The zero-order valence-corrected chi connectivity index (χ0v) is 12.5. The predicted octanol–water partition coefficient (Wildman–Crippen LogP) is 4.25. The number of aromatic nitrogens is 1. The zero-order chi connectivity index (χ0) is 14.0. The highest BCUT2D eigenvalue weighted by Gasteiger charge is 2.12. The molecule has 0 aliphatic carbocycles. The standard InChI is InChI=1S/C15H16Cl2N2/c1-9-6-12(7-10(2)19-9)14(18)8-11-4-3-5-13(16)15(11)17/h3-7,14H,8,18H2,1-2H3. The number of benzene rings is 1. The predicted molar refractivity (Wildman–Crippen MR) is 80.8 cm³/mol. The lowest BCUT2D eigenvalue weighted by molar-refractivity contribution is 0.718. The molecule has 0 saturated heterocycles. The van der Waals surface area contributed by atoms with Crippen LogP contribution in [0.25, 0.3) is 0 Å². The van der Waals surface area contributed by atoms with Gasteiger partial charge in [0.25, 0.3) is 0 Å². The molecule has 1 unspecified atom stereocenters. The lowest BCUT2D eigenvalue weighted by atomic mass is 9.99. The maximum absolute atomic E-state index is 6.25. The van der Waals surface area contributed by atoms with E-state index in [1.165, 1.54) is 0 Å². The Bertz CT molecular complexity index is 576. The second-order valence-electron chi connectivity index (χ2n) is 4.71. The van der Waals surface area contributed by atoms with E-state index in [1.807, 2.05) is 38.1 Å². The normalized spacial score (nSPS) is 12.5. The smallest absolute Gasteiger partial charge is 0.0624 e. The molecule has 0 aliphatic rings. The van der Waals surface area contributed by atoms with Gasteiger partial charge in [0, 0.05) is 17.4 Å². The molecule has 2 N–H and O–H groups in total. The summed E-state index contributed by atoms with van der Waals surface area (Å²) in [6, 6.07) is 9.52. The van der Waals surface area contributed by atoms with Crippen LogP contribution in [-0.4, -0.2) is 4.98 Å². The molecule has 0 radical (unpaired) electrons. The summed E-state index contributed by atoms with van der Waals surface area (Å²) in [5.41, 5.74) is 10.2. The molecule has 2 aromatic rings. The first-order chi connectivity index (χ1) is 8.97. The van der Waals surface area contributed by atoms with Crippen LogP contribution >= 0.6 is 23.2 Å². The Balaban J connectivity index is 2.25. The second kappa shape index (κ2) is 5.91. The number of halogens is 2. The lowest BCUT2D eigenvalue weighted by Crippen LogP contribution is -2.14. The van der Waals surface area contributed by atoms with Gasteiger partial charge in [-0.1, -0.05) is 35.3 Å². The third kappa shape index (κ3) is 3.47. The molecule has 2 nitrogen and oxygen atoms in total. The van der Waals surface area contributed by atoms with Gasteiger partial charge >= 0.3 is 0 Å². The van der Waals surface area contributed by atoms with Crippen LogP contribution in [0.15, 0.2) is 30.3 Å². The third-order valence-electron chi connectivity index (χ3n) is 3.00. The van der Waals surface area contributed by atoms with Crippen molar-refractivity contribution in [2.75, 3.05) is 0 Å². The van der Waals surface area contributed by atoms with Gasteiger partial charge in [-0.15, -0.1) is 0 Å². The van der Waals surface area contributed by atoms with Gasteiger partial charge < -0.3 is 5.73 Å². The SMILES string of the molecule is Cc1cc(C(N)Cc2cccc(Cl)c2Cl)cc(C)n1. The topological polar surface area (TPSA) is 38.9 Å². The van der Waals surface area contributed by atoms with Gasteiger partial charge in [0.05, 0.1) is 10.0 Å². The molecule has 0 bridgehead atoms. The molecule has 0 spiro atoms. The number of nitrogens with two attached hydrogens (primary N) is 1. The molecule has 19 heavy (non-hydrogen) atoms. The first-order valence-corrected chi connectivity index (χ1v) is 6.86. The maximum atomic E-state index is 6.25.